The average molecular weight is 267 g/mol. The third kappa shape index (κ3) is 1.82. The Hall–Kier alpha value is -0.680. The molecule has 1 aliphatic rings. The van der Waals surface area contributed by atoms with Gasteiger partial charge in [-0.15, -0.1) is 0 Å². The molecular formula is C10H9ClF2O2S. The van der Waals surface area contributed by atoms with Crippen molar-refractivity contribution in [3.05, 3.63) is 29.8 Å². The zero-order valence-corrected chi connectivity index (χ0v) is 9.73. The highest BCUT2D eigenvalue weighted by Crippen LogP contribution is 2.54. The zero-order valence-electron chi connectivity index (χ0n) is 8.16. The molecule has 0 unspecified atom stereocenters. The van der Waals surface area contributed by atoms with Crippen molar-refractivity contribution in [3.63, 3.8) is 0 Å². The van der Waals surface area contributed by atoms with Gasteiger partial charge in [-0.05, 0) is 24.5 Å². The monoisotopic (exact) mass is 266 g/mol. The van der Waals surface area contributed by atoms with E-state index in [0.717, 1.165) is 0 Å². The number of alkyl halides is 2. The lowest BCUT2D eigenvalue weighted by atomic mass is 9.96. The van der Waals surface area contributed by atoms with Gasteiger partial charge in [0.05, 0.1) is 10.3 Å². The maximum Gasteiger partial charge on any atom is 0.261 e. The van der Waals surface area contributed by atoms with E-state index < -0.39 is 20.9 Å². The van der Waals surface area contributed by atoms with Crippen LogP contribution in [-0.2, 0) is 14.5 Å². The molecule has 6 heteroatoms. The van der Waals surface area contributed by atoms with E-state index in [0.29, 0.717) is 12.8 Å². The molecule has 1 aromatic rings. The van der Waals surface area contributed by atoms with Crippen LogP contribution >= 0.6 is 10.7 Å². The van der Waals surface area contributed by atoms with E-state index in [-0.39, 0.29) is 10.5 Å². The number of hydrogen-bond donors (Lipinski definition) is 0. The zero-order chi connectivity index (χ0) is 12.0. The molecule has 0 spiro atoms. The van der Waals surface area contributed by atoms with Gasteiger partial charge >= 0.3 is 0 Å². The summed E-state index contributed by atoms with van der Waals surface area (Å²) < 4.78 is 48.3. The number of halogens is 3. The molecule has 0 N–H and O–H groups in total. The van der Waals surface area contributed by atoms with Crippen LogP contribution in [0.1, 0.15) is 18.4 Å². The Balaban J connectivity index is 2.59. The van der Waals surface area contributed by atoms with Crippen molar-refractivity contribution in [1.82, 2.24) is 0 Å². The third-order valence-corrected chi connectivity index (χ3v) is 4.27. The third-order valence-electron chi connectivity index (χ3n) is 2.89. The van der Waals surface area contributed by atoms with Crippen LogP contribution in [0.5, 0.6) is 0 Å². The van der Waals surface area contributed by atoms with Crippen LogP contribution in [0.2, 0.25) is 0 Å². The van der Waals surface area contributed by atoms with Crippen LogP contribution < -0.4 is 0 Å². The van der Waals surface area contributed by atoms with E-state index >= 15 is 0 Å². The summed E-state index contributed by atoms with van der Waals surface area (Å²) in [7, 11) is 1.26. The standard InChI is InChI=1S/C10H9ClF2O2S/c11-16(14,15)8-4-2-1-3-7(8)10(5-6-10)9(12)13/h1-4,9H,5-6H2. The van der Waals surface area contributed by atoms with E-state index in [1.165, 1.54) is 18.2 Å². The molecule has 88 valence electrons. The van der Waals surface area contributed by atoms with E-state index in [1.54, 1.807) is 6.07 Å². The molecule has 2 nitrogen and oxygen atoms in total. The fourth-order valence-corrected chi connectivity index (χ4v) is 3.01. The van der Waals surface area contributed by atoms with E-state index in [1.807, 2.05) is 0 Å². The molecule has 16 heavy (non-hydrogen) atoms. The normalized spacial score (nSPS) is 18.8. The van der Waals surface area contributed by atoms with Crippen molar-refractivity contribution in [2.24, 2.45) is 0 Å². The number of rotatable bonds is 3. The van der Waals surface area contributed by atoms with Crippen molar-refractivity contribution in [2.45, 2.75) is 29.6 Å². The fraction of sp³-hybridized carbons (Fsp3) is 0.400. The molecule has 0 heterocycles. The predicted molar refractivity (Wildman–Crippen MR) is 56.4 cm³/mol. The lowest BCUT2D eigenvalue weighted by Crippen LogP contribution is -2.19. The highest BCUT2D eigenvalue weighted by molar-refractivity contribution is 8.13. The van der Waals surface area contributed by atoms with Crippen molar-refractivity contribution in [2.75, 3.05) is 0 Å². The van der Waals surface area contributed by atoms with Gasteiger partial charge in [-0.25, -0.2) is 17.2 Å². The van der Waals surface area contributed by atoms with Crippen molar-refractivity contribution in [1.29, 1.82) is 0 Å². The van der Waals surface area contributed by atoms with Crippen molar-refractivity contribution >= 4 is 19.7 Å². The van der Waals surface area contributed by atoms with Gasteiger partial charge in [0.15, 0.2) is 0 Å². The summed E-state index contributed by atoms with van der Waals surface area (Å²) in [5, 5.41) is 0. The highest BCUT2D eigenvalue weighted by atomic mass is 35.7. The van der Waals surface area contributed by atoms with Crippen molar-refractivity contribution < 1.29 is 17.2 Å². The van der Waals surface area contributed by atoms with Crippen LogP contribution in [0.4, 0.5) is 8.78 Å². The molecule has 0 aromatic heterocycles. The Labute approximate surface area is 96.6 Å². The molecule has 0 atom stereocenters. The minimum absolute atomic E-state index is 0.139. The maximum absolute atomic E-state index is 12.9. The lowest BCUT2D eigenvalue weighted by molar-refractivity contribution is 0.101. The van der Waals surface area contributed by atoms with Crippen LogP contribution in [0.25, 0.3) is 0 Å². The second kappa shape index (κ2) is 3.67. The molecular weight excluding hydrogens is 258 g/mol. The lowest BCUT2D eigenvalue weighted by Gasteiger charge is -2.16. The number of hydrogen-bond acceptors (Lipinski definition) is 2. The van der Waals surface area contributed by atoms with Gasteiger partial charge in [-0.3, -0.25) is 0 Å². The van der Waals surface area contributed by atoms with Gasteiger partial charge in [0.1, 0.15) is 0 Å². The SMILES string of the molecule is O=S(=O)(Cl)c1ccccc1C1(C(F)F)CC1. The summed E-state index contributed by atoms with van der Waals surface area (Å²) in [6.07, 6.45) is -1.96. The minimum Gasteiger partial charge on any atom is -0.210 e. The van der Waals surface area contributed by atoms with E-state index in [4.69, 9.17) is 10.7 Å². The Morgan fingerprint density at radius 3 is 2.25 bits per heavy atom. The predicted octanol–water partition coefficient (Wildman–Crippen LogP) is 2.91. The van der Waals surface area contributed by atoms with Gasteiger partial charge in [-0.1, -0.05) is 18.2 Å². The topological polar surface area (TPSA) is 34.1 Å². The summed E-state index contributed by atoms with van der Waals surface area (Å²) in [6.45, 7) is 0. The molecule has 1 fully saturated rings. The van der Waals surface area contributed by atoms with Gasteiger partial charge in [0, 0.05) is 10.7 Å². The van der Waals surface area contributed by atoms with Gasteiger partial charge < -0.3 is 0 Å². The quantitative estimate of drug-likeness (QED) is 0.789. The number of benzene rings is 1. The van der Waals surface area contributed by atoms with Crippen molar-refractivity contribution in [3.8, 4) is 0 Å². The first-order valence-corrected chi connectivity index (χ1v) is 7.01. The molecule has 0 radical (unpaired) electrons. The van der Waals surface area contributed by atoms with Gasteiger partial charge in [0.25, 0.3) is 9.05 Å². The molecule has 0 bridgehead atoms. The second-order valence-corrected chi connectivity index (χ2v) is 6.43. The first kappa shape index (κ1) is 11.8. The highest BCUT2D eigenvalue weighted by Gasteiger charge is 2.54. The Morgan fingerprint density at radius 1 is 1.25 bits per heavy atom. The average Bonchev–Trinajstić information content (AvgIpc) is 2.97. The van der Waals surface area contributed by atoms with Crippen LogP contribution in [0, 0.1) is 0 Å². The van der Waals surface area contributed by atoms with E-state index in [2.05, 4.69) is 0 Å². The molecule has 1 aromatic carbocycles. The summed E-state index contributed by atoms with van der Waals surface area (Å²) in [5.41, 5.74) is -1.17. The Bertz CT molecular complexity index is 509. The smallest absolute Gasteiger partial charge is 0.210 e. The molecule has 2 rings (SSSR count). The maximum atomic E-state index is 12.9. The Kier molecular flexibility index (Phi) is 2.70. The van der Waals surface area contributed by atoms with Crippen LogP contribution in [0.3, 0.4) is 0 Å². The van der Waals surface area contributed by atoms with Crippen LogP contribution in [0.15, 0.2) is 29.2 Å². The van der Waals surface area contributed by atoms with Gasteiger partial charge in [-0.2, -0.15) is 0 Å². The summed E-state index contributed by atoms with van der Waals surface area (Å²) in [5.74, 6) is 0. The second-order valence-electron chi connectivity index (χ2n) is 3.89. The van der Waals surface area contributed by atoms with Gasteiger partial charge in [0.2, 0.25) is 6.43 Å². The first-order chi connectivity index (χ1) is 7.38. The molecule has 0 amide bonds. The summed E-state index contributed by atoms with van der Waals surface area (Å²) in [6, 6.07) is 5.69. The summed E-state index contributed by atoms with van der Waals surface area (Å²) >= 11 is 0. The fourth-order valence-electron chi connectivity index (χ4n) is 1.83. The largest absolute Gasteiger partial charge is 0.261 e. The molecule has 1 aliphatic carbocycles. The minimum atomic E-state index is -3.97. The Morgan fingerprint density at radius 2 is 1.81 bits per heavy atom. The molecule has 0 aliphatic heterocycles. The molecule has 1 saturated carbocycles. The van der Waals surface area contributed by atoms with Crippen LogP contribution in [-0.4, -0.2) is 14.8 Å². The molecule has 0 saturated heterocycles. The van der Waals surface area contributed by atoms with E-state index in [9.17, 15) is 17.2 Å². The summed E-state index contributed by atoms with van der Waals surface area (Å²) in [4.78, 5) is -0.200. The first-order valence-electron chi connectivity index (χ1n) is 4.70.